The molecule has 1 aliphatic rings. The lowest BCUT2D eigenvalue weighted by atomic mass is 10.2. The molecule has 0 aliphatic carbocycles. The van der Waals surface area contributed by atoms with Crippen molar-refractivity contribution in [1.29, 1.82) is 0 Å². The number of sulfonamides is 1. The highest BCUT2D eigenvalue weighted by Gasteiger charge is 2.30. The molecule has 3 aromatic heterocycles. The molecule has 4 heterocycles. The Morgan fingerprint density at radius 3 is 2.60 bits per heavy atom. The van der Waals surface area contributed by atoms with Crippen LogP contribution in [0.4, 0.5) is 0 Å². The van der Waals surface area contributed by atoms with Crippen LogP contribution in [0, 0.1) is 0 Å². The first-order chi connectivity index (χ1) is 14.6. The zero-order chi connectivity index (χ0) is 20.6. The normalized spacial score (nSPS) is 16.3. The van der Waals surface area contributed by atoms with E-state index < -0.39 is 10.0 Å². The van der Waals surface area contributed by atoms with Crippen LogP contribution in [0.25, 0.3) is 21.5 Å². The van der Waals surface area contributed by atoms with Crippen molar-refractivity contribution in [1.82, 2.24) is 19.2 Å². The Labute approximate surface area is 183 Å². The van der Waals surface area contributed by atoms with Crippen molar-refractivity contribution < 1.29 is 8.42 Å². The molecule has 5 rings (SSSR count). The first kappa shape index (κ1) is 19.8. The molecule has 1 aromatic carbocycles. The van der Waals surface area contributed by atoms with E-state index >= 15 is 0 Å². The van der Waals surface area contributed by atoms with Crippen molar-refractivity contribution >= 4 is 43.6 Å². The van der Waals surface area contributed by atoms with Gasteiger partial charge < -0.3 is 0 Å². The summed E-state index contributed by atoms with van der Waals surface area (Å²) in [5.41, 5.74) is 1.56. The largest absolute Gasteiger partial charge is 0.294 e. The molecule has 0 unspecified atom stereocenters. The van der Waals surface area contributed by atoms with Gasteiger partial charge in [0.05, 0.1) is 22.6 Å². The van der Waals surface area contributed by atoms with E-state index in [4.69, 9.17) is 4.98 Å². The third kappa shape index (κ3) is 3.79. The van der Waals surface area contributed by atoms with Crippen LogP contribution in [0.2, 0.25) is 0 Å². The molecule has 0 amide bonds. The van der Waals surface area contributed by atoms with Crippen LogP contribution >= 0.6 is 22.7 Å². The summed E-state index contributed by atoms with van der Waals surface area (Å²) in [6, 6.07) is 13.1. The Morgan fingerprint density at radius 1 is 0.967 bits per heavy atom. The van der Waals surface area contributed by atoms with Gasteiger partial charge in [0.25, 0.3) is 0 Å². The van der Waals surface area contributed by atoms with Crippen molar-refractivity contribution in [3.05, 3.63) is 64.4 Å². The van der Waals surface area contributed by atoms with Gasteiger partial charge in [-0.25, -0.2) is 13.4 Å². The molecule has 1 saturated heterocycles. The summed E-state index contributed by atoms with van der Waals surface area (Å²) >= 11 is 3.35. The number of hydrogen-bond donors (Lipinski definition) is 0. The van der Waals surface area contributed by atoms with Crippen LogP contribution in [0.5, 0.6) is 0 Å². The highest BCUT2D eigenvalue weighted by Crippen LogP contribution is 2.28. The van der Waals surface area contributed by atoms with E-state index in [0.717, 1.165) is 22.6 Å². The average molecular weight is 457 g/mol. The molecule has 6 nitrogen and oxygen atoms in total. The maximum Gasteiger partial charge on any atom is 0.245 e. The Balaban J connectivity index is 1.27. The van der Waals surface area contributed by atoms with Gasteiger partial charge >= 0.3 is 0 Å². The molecule has 0 bridgehead atoms. The van der Waals surface area contributed by atoms with E-state index in [1.54, 1.807) is 45.3 Å². The highest BCUT2D eigenvalue weighted by molar-refractivity contribution is 7.89. The van der Waals surface area contributed by atoms with Gasteiger partial charge in [-0.05, 0) is 23.6 Å². The molecule has 9 heteroatoms. The second kappa shape index (κ2) is 8.16. The van der Waals surface area contributed by atoms with E-state index in [2.05, 4.69) is 26.7 Å². The number of para-hydroxylation sites is 1. The second-order valence-corrected chi connectivity index (χ2v) is 10.9. The van der Waals surface area contributed by atoms with Crippen LogP contribution in [-0.4, -0.2) is 53.8 Å². The molecule has 30 heavy (non-hydrogen) atoms. The van der Waals surface area contributed by atoms with Gasteiger partial charge in [-0.2, -0.15) is 4.31 Å². The molecule has 0 radical (unpaired) electrons. The van der Waals surface area contributed by atoms with E-state index in [-0.39, 0.29) is 4.90 Å². The maximum absolute atomic E-state index is 13.3. The molecular formula is C21H20N4O2S3. The van der Waals surface area contributed by atoms with Crippen molar-refractivity contribution in [2.75, 3.05) is 26.2 Å². The lowest BCUT2D eigenvalue weighted by molar-refractivity contribution is 0.181. The minimum Gasteiger partial charge on any atom is -0.294 e. The number of thiophene rings is 1. The molecule has 1 aliphatic heterocycles. The number of hydrogen-bond acceptors (Lipinski definition) is 7. The summed E-state index contributed by atoms with van der Waals surface area (Å²) in [5.74, 6) is 0. The molecule has 4 aromatic rings. The number of benzene rings is 1. The Bertz CT molecular complexity index is 1260. The summed E-state index contributed by atoms with van der Waals surface area (Å²) in [6.07, 6.45) is 1.64. The summed E-state index contributed by atoms with van der Waals surface area (Å²) in [6.45, 7) is 3.06. The molecular weight excluding hydrogens is 436 g/mol. The van der Waals surface area contributed by atoms with E-state index in [0.29, 0.717) is 31.7 Å². The number of aromatic nitrogens is 2. The molecule has 0 saturated carbocycles. The van der Waals surface area contributed by atoms with Crippen molar-refractivity contribution in [2.45, 2.75) is 11.4 Å². The molecule has 0 N–H and O–H groups in total. The fourth-order valence-electron chi connectivity index (χ4n) is 3.66. The second-order valence-electron chi connectivity index (χ2n) is 7.12. The van der Waals surface area contributed by atoms with Gasteiger partial charge in [-0.15, -0.1) is 22.7 Å². The van der Waals surface area contributed by atoms with Gasteiger partial charge in [-0.1, -0.05) is 24.3 Å². The topological polar surface area (TPSA) is 66.4 Å². The summed E-state index contributed by atoms with van der Waals surface area (Å²) < 4.78 is 28.1. The van der Waals surface area contributed by atoms with Gasteiger partial charge in [0.1, 0.15) is 9.90 Å². The number of fused-ring (bicyclic) bond motifs is 1. The van der Waals surface area contributed by atoms with Crippen molar-refractivity contribution in [2.24, 2.45) is 0 Å². The average Bonchev–Trinajstić information content (AvgIpc) is 3.46. The predicted molar refractivity (Wildman–Crippen MR) is 121 cm³/mol. The fourth-order valence-corrected chi connectivity index (χ4v) is 6.85. The first-order valence-electron chi connectivity index (χ1n) is 9.66. The van der Waals surface area contributed by atoms with Gasteiger partial charge in [-0.3, -0.25) is 9.88 Å². The monoisotopic (exact) mass is 456 g/mol. The zero-order valence-corrected chi connectivity index (χ0v) is 18.6. The Morgan fingerprint density at radius 2 is 1.80 bits per heavy atom. The molecule has 154 valence electrons. The number of nitrogens with zero attached hydrogens (tertiary/aromatic N) is 4. The van der Waals surface area contributed by atoms with Crippen LogP contribution in [0.15, 0.2) is 64.3 Å². The van der Waals surface area contributed by atoms with E-state index in [9.17, 15) is 8.42 Å². The number of thiazole rings is 1. The summed E-state index contributed by atoms with van der Waals surface area (Å²) in [4.78, 5) is 12.8. The molecule has 0 spiro atoms. The molecule has 0 atom stereocenters. The standard InChI is InChI=1S/C21H20N4O2S3/c26-30(27,19-7-1-4-16-5-2-8-22-21(16)19)25-11-9-24(10-12-25)14-20-23-17(15-29-20)18-6-3-13-28-18/h1-8,13,15H,9-12,14H2. The minimum absolute atomic E-state index is 0.287. The van der Waals surface area contributed by atoms with Gasteiger partial charge in [0.2, 0.25) is 10.0 Å². The van der Waals surface area contributed by atoms with E-state index in [1.165, 1.54) is 4.88 Å². The predicted octanol–water partition coefficient (Wildman–Crippen LogP) is 3.93. The SMILES string of the molecule is O=S(=O)(c1cccc2cccnc12)N1CCN(Cc2nc(-c3cccs3)cs2)CC1. The van der Waals surface area contributed by atoms with E-state index in [1.807, 2.05) is 24.3 Å². The first-order valence-corrected chi connectivity index (χ1v) is 12.9. The Hall–Kier alpha value is -2.17. The highest BCUT2D eigenvalue weighted by atomic mass is 32.2. The lowest BCUT2D eigenvalue weighted by Crippen LogP contribution is -2.48. The van der Waals surface area contributed by atoms with Crippen LogP contribution in [-0.2, 0) is 16.6 Å². The third-order valence-corrected chi connectivity index (χ3v) is 8.89. The quantitative estimate of drug-likeness (QED) is 0.455. The van der Waals surface area contributed by atoms with Crippen molar-refractivity contribution in [3.63, 3.8) is 0 Å². The third-order valence-electron chi connectivity index (χ3n) is 5.23. The Kier molecular flexibility index (Phi) is 5.38. The smallest absolute Gasteiger partial charge is 0.245 e. The van der Waals surface area contributed by atoms with Crippen molar-refractivity contribution in [3.8, 4) is 10.6 Å². The number of rotatable bonds is 5. The summed E-state index contributed by atoms with van der Waals surface area (Å²) in [5, 5.41) is 6.05. The zero-order valence-electron chi connectivity index (χ0n) is 16.1. The van der Waals surface area contributed by atoms with Crippen LogP contribution in [0.1, 0.15) is 5.01 Å². The minimum atomic E-state index is -3.58. The molecule has 1 fully saturated rings. The van der Waals surface area contributed by atoms with Gasteiger partial charge in [0.15, 0.2) is 0 Å². The van der Waals surface area contributed by atoms with Crippen LogP contribution < -0.4 is 0 Å². The number of pyridine rings is 1. The summed E-state index contributed by atoms with van der Waals surface area (Å²) in [7, 11) is -3.58. The van der Waals surface area contributed by atoms with Gasteiger partial charge in [0, 0.05) is 43.1 Å². The maximum atomic E-state index is 13.3. The fraction of sp³-hybridized carbons (Fsp3) is 0.238. The lowest BCUT2D eigenvalue weighted by Gasteiger charge is -2.33. The number of piperazine rings is 1. The van der Waals surface area contributed by atoms with Crippen LogP contribution in [0.3, 0.4) is 0 Å².